The van der Waals surface area contributed by atoms with E-state index in [1.165, 1.54) is 0 Å². The molecule has 0 N–H and O–H groups in total. The van der Waals surface area contributed by atoms with Gasteiger partial charge in [-0.25, -0.2) is 0 Å². The van der Waals surface area contributed by atoms with E-state index in [1.54, 1.807) is 0 Å². The average molecular weight is 191 g/mol. The van der Waals surface area contributed by atoms with E-state index in [0.717, 1.165) is 21.6 Å². The first kappa shape index (κ1) is 7.28. The molecule has 1 aliphatic carbocycles. The molecule has 1 aliphatic rings. The molecule has 0 nitrogen and oxygen atoms in total. The van der Waals surface area contributed by atoms with Crippen molar-refractivity contribution in [2.75, 3.05) is 0 Å². The number of hydrogen-bond donors (Lipinski definition) is 0. The van der Waals surface area contributed by atoms with Gasteiger partial charge >= 0.3 is 0 Å². The van der Waals surface area contributed by atoms with Crippen LogP contribution in [0.1, 0.15) is 12.5 Å². The number of hydrogen-bond acceptors (Lipinski definition) is 0. The Labute approximate surface area is 89.9 Å². The normalized spacial score (nSPS) is 13.3. The van der Waals surface area contributed by atoms with Crippen molar-refractivity contribution >= 4 is 17.9 Å². The molecule has 70 valence electrons. The van der Waals surface area contributed by atoms with E-state index in [4.69, 9.17) is 1.37 Å². The van der Waals surface area contributed by atoms with E-state index >= 15 is 0 Å². The molecule has 0 fully saturated rings. The molecule has 0 heterocycles. The lowest BCUT2D eigenvalue weighted by atomic mass is 10.1. The van der Waals surface area contributed by atoms with Crippen LogP contribution in [0, 0.1) is 0 Å². The highest BCUT2D eigenvalue weighted by molar-refractivity contribution is 5.71. The Morgan fingerprint density at radius 2 is 1.60 bits per heavy atom. The molecule has 0 amide bonds. The molecule has 15 heavy (non-hydrogen) atoms. The van der Waals surface area contributed by atoms with Crippen molar-refractivity contribution in [1.29, 1.82) is 0 Å². The smallest absolute Gasteiger partial charge is 0.0636 e. The van der Waals surface area contributed by atoms with Crippen LogP contribution in [-0.4, -0.2) is 0 Å². The van der Waals surface area contributed by atoms with Gasteiger partial charge in [0, 0.05) is 5.22 Å². The fourth-order valence-corrected chi connectivity index (χ4v) is 1.76. The van der Waals surface area contributed by atoms with E-state index in [1.807, 2.05) is 54.6 Å². The third-order valence-corrected chi connectivity index (χ3v) is 2.54. The van der Waals surface area contributed by atoms with Crippen molar-refractivity contribution in [3.05, 3.63) is 70.1 Å². The summed E-state index contributed by atoms with van der Waals surface area (Å²) in [5.74, 6) is 0. The van der Waals surface area contributed by atoms with E-state index in [0.29, 0.717) is 6.05 Å². The summed E-state index contributed by atoms with van der Waals surface area (Å²) in [5, 5.41) is 1.94. The fraction of sp³-hybridized carbons (Fsp3) is 0. The monoisotopic (exact) mass is 191 g/mol. The second-order valence-electron chi connectivity index (χ2n) is 3.55. The largest absolute Gasteiger partial charge is 0.112 e. The first-order chi connectivity index (χ1) is 7.86. The molecule has 0 bridgehead atoms. The zero-order valence-corrected chi connectivity index (χ0v) is 8.20. The highest BCUT2D eigenvalue weighted by Crippen LogP contribution is 2.11. The number of fused-ring (bicyclic) bond motifs is 2. The van der Waals surface area contributed by atoms with Gasteiger partial charge in [-0.1, -0.05) is 42.5 Å². The highest BCUT2D eigenvalue weighted by Gasteiger charge is 1.96. The first-order valence-corrected chi connectivity index (χ1v) is 4.98. The maximum Gasteiger partial charge on any atom is 0.0636 e. The van der Waals surface area contributed by atoms with Gasteiger partial charge in [0.25, 0.3) is 0 Å². The summed E-state index contributed by atoms with van der Waals surface area (Å²) >= 11 is 0. The van der Waals surface area contributed by atoms with E-state index < -0.39 is 0 Å². The fourth-order valence-electron chi connectivity index (χ4n) is 1.76. The molecule has 0 atom stereocenters. The zero-order chi connectivity index (χ0) is 11.0. The van der Waals surface area contributed by atoms with Crippen molar-refractivity contribution in [1.82, 2.24) is 0 Å². The van der Waals surface area contributed by atoms with Gasteiger partial charge in [-0.3, -0.25) is 0 Å². The van der Waals surface area contributed by atoms with Crippen molar-refractivity contribution in [2.24, 2.45) is 0 Å². The summed E-state index contributed by atoms with van der Waals surface area (Å²) in [7, 11) is 0. The molecule has 2 aromatic carbocycles. The van der Waals surface area contributed by atoms with Crippen molar-refractivity contribution in [3.8, 4) is 0 Å². The molecule has 0 saturated heterocycles. The quantitative estimate of drug-likeness (QED) is 0.597. The minimum Gasteiger partial charge on any atom is -0.112 e. The molecule has 0 heteroatoms. The Kier molecular flexibility index (Phi) is 1.59. The molecule has 0 aromatic heterocycles. The third-order valence-electron chi connectivity index (χ3n) is 2.54. The Bertz CT molecular complexity index is 704. The standard InChI is InChI=1S/C15H10/c1-3-7-14-11-15-8-4-2-6-13(15)10-9-12(14)5-1/h1-9,11H/i11D. The van der Waals surface area contributed by atoms with Crippen LogP contribution in [0.15, 0.2) is 48.5 Å². The van der Waals surface area contributed by atoms with Crippen LogP contribution >= 0.6 is 0 Å². The van der Waals surface area contributed by atoms with Crippen LogP contribution in [-0.2, 0) is 0 Å². The summed E-state index contributed by atoms with van der Waals surface area (Å²) in [6.45, 7) is 0. The van der Waals surface area contributed by atoms with Crippen LogP contribution in [0.25, 0.3) is 17.9 Å². The van der Waals surface area contributed by atoms with Crippen LogP contribution in [0.4, 0.5) is 0 Å². The number of rotatable bonds is 0. The van der Waals surface area contributed by atoms with Crippen LogP contribution in [0.3, 0.4) is 0 Å². The lowest BCUT2D eigenvalue weighted by molar-refractivity contribution is 1.52. The second-order valence-corrected chi connectivity index (χ2v) is 3.55. The van der Waals surface area contributed by atoms with E-state index in [-0.39, 0.29) is 0 Å². The Balaban J connectivity index is 2.56. The molecule has 0 saturated carbocycles. The zero-order valence-electron chi connectivity index (χ0n) is 9.20. The Hall–Kier alpha value is -2.04. The summed E-state index contributed by atoms with van der Waals surface area (Å²) in [4.78, 5) is 0. The van der Waals surface area contributed by atoms with Crippen molar-refractivity contribution in [3.63, 3.8) is 0 Å². The van der Waals surface area contributed by atoms with Gasteiger partial charge in [-0.05, 0) is 34.5 Å². The summed E-state index contributed by atoms with van der Waals surface area (Å²) in [5.41, 5.74) is 5.28. The molecule has 2 aromatic rings. The van der Waals surface area contributed by atoms with Gasteiger partial charge in [-0.15, -0.1) is 5.73 Å². The van der Waals surface area contributed by atoms with Gasteiger partial charge in [0.05, 0.1) is 1.37 Å². The molecule has 0 radical (unpaired) electrons. The van der Waals surface area contributed by atoms with Gasteiger partial charge in [0.1, 0.15) is 0 Å². The Morgan fingerprint density at radius 1 is 0.867 bits per heavy atom. The average Bonchev–Trinajstić information content (AvgIpc) is 2.49. The SMILES string of the molecule is [2H]C1=c2ccccc2=C=Cc2ccccc21. The van der Waals surface area contributed by atoms with Gasteiger partial charge in [0.2, 0.25) is 0 Å². The highest BCUT2D eigenvalue weighted by atomic mass is 14.0. The predicted molar refractivity (Wildman–Crippen MR) is 63.6 cm³/mol. The van der Waals surface area contributed by atoms with Crippen molar-refractivity contribution < 1.29 is 1.37 Å². The van der Waals surface area contributed by atoms with Gasteiger partial charge in [-0.2, -0.15) is 0 Å². The molecular weight excluding hydrogens is 180 g/mol. The minimum atomic E-state index is 0.576. The van der Waals surface area contributed by atoms with Crippen LogP contribution in [0.5, 0.6) is 0 Å². The first-order valence-electron chi connectivity index (χ1n) is 5.48. The van der Waals surface area contributed by atoms with Crippen LogP contribution < -0.4 is 10.4 Å². The minimum absolute atomic E-state index is 0.576. The predicted octanol–water partition coefficient (Wildman–Crippen LogP) is 1.92. The molecule has 0 spiro atoms. The van der Waals surface area contributed by atoms with Crippen molar-refractivity contribution in [2.45, 2.75) is 0 Å². The summed E-state index contributed by atoms with van der Waals surface area (Å²) < 4.78 is 8.23. The van der Waals surface area contributed by atoms with Gasteiger partial charge < -0.3 is 0 Å². The Morgan fingerprint density at radius 3 is 2.53 bits per heavy atom. The van der Waals surface area contributed by atoms with Crippen LogP contribution in [0.2, 0.25) is 0 Å². The topological polar surface area (TPSA) is 0 Å². The van der Waals surface area contributed by atoms with E-state index in [2.05, 4.69) is 5.73 Å². The lowest BCUT2D eigenvalue weighted by Crippen LogP contribution is -2.21. The molecule has 0 unspecified atom stereocenters. The second kappa shape index (κ2) is 3.27. The lowest BCUT2D eigenvalue weighted by Gasteiger charge is -1.96. The van der Waals surface area contributed by atoms with Gasteiger partial charge in [0.15, 0.2) is 0 Å². The molecule has 0 aliphatic heterocycles. The summed E-state index contributed by atoms with van der Waals surface area (Å²) in [6, 6.07) is 16.4. The molecule has 3 rings (SSSR count). The van der Waals surface area contributed by atoms with E-state index in [9.17, 15) is 0 Å². The molecular formula is C15H10. The number of benzene rings is 2. The maximum atomic E-state index is 8.23. The maximum absolute atomic E-state index is 8.23. The third kappa shape index (κ3) is 1.41. The summed E-state index contributed by atoms with van der Waals surface area (Å²) in [6.07, 6.45) is 1.95.